The molecule has 0 aliphatic heterocycles. The highest BCUT2D eigenvalue weighted by molar-refractivity contribution is 5.68. The van der Waals surface area contributed by atoms with Crippen molar-refractivity contribution in [3.8, 4) is 17.1 Å². The van der Waals surface area contributed by atoms with Gasteiger partial charge in [0, 0.05) is 13.5 Å². The molecule has 0 saturated heterocycles. The maximum absolute atomic E-state index is 6.12. The monoisotopic (exact) mass is 285 g/mol. The summed E-state index contributed by atoms with van der Waals surface area (Å²) in [5, 5.41) is 8.17. The Morgan fingerprint density at radius 3 is 2.86 bits per heavy atom. The third-order valence-corrected chi connectivity index (χ3v) is 3.04. The molecule has 0 bridgehead atoms. The van der Waals surface area contributed by atoms with E-state index in [1.807, 2.05) is 30.3 Å². The smallest absolute Gasteiger partial charge is 0.263 e. The maximum Gasteiger partial charge on any atom is 0.263 e. The fraction of sp³-hybridized carbons (Fsp3) is 0.214. The average Bonchev–Trinajstić information content (AvgIpc) is 3.12. The fourth-order valence-electron chi connectivity index (χ4n) is 1.96. The molecule has 2 heterocycles. The summed E-state index contributed by atoms with van der Waals surface area (Å²) in [5.74, 6) is 1.41. The molecule has 0 aliphatic rings. The Morgan fingerprint density at radius 2 is 2.10 bits per heavy atom. The van der Waals surface area contributed by atoms with Gasteiger partial charge in [0.05, 0.1) is 18.5 Å². The van der Waals surface area contributed by atoms with Crippen LogP contribution in [0.25, 0.3) is 17.1 Å². The maximum atomic E-state index is 6.12. The van der Waals surface area contributed by atoms with Crippen molar-refractivity contribution >= 4 is 5.82 Å². The average molecular weight is 285 g/mol. The Kier molecular flexibility index (Phi) is 3.65. The summed E-state index contributed by atoms with van der Waals surface area (Å²) in [5.41, 5.74) is 7.62. The normalized spacial score (nSPS) is 10.9. The van der Waals surface area contributed by atoms with E-state index in [4.69, 9.17) is 15.0 Å². The molecule has 0 amide bonds. The topological polar surface area (TPSA) is 92.0 Å². The molecule has 7 heteroatoms. The summed E-state index contributed by atoms with van der Waals surface area (Å²) in [4.78, 5) is 4.29. The largest absolute Gasteiger partial charge is 0.384 e. The van der Waals surface area contributed by atoms with E-state index in [-0.39, 0.29) is 0 Å². The molecule has 0 aliphatic carbocycles. The number of nitrogens with zero attached hydrogens (tertiary/aromatic N) is 4. The molecular weight excluding hydrogens is 270 g/mol. The molecule has 0 atom stereocenters. The van der Waals surface area contributed by atoms with Crippen LogP contribution in [0.3, 0.4) is 0 Å². The van der Waals surface area contributed by atoms with E-state index in [1.165, 1.54) is 0 Å². The van der Waals surface area contributed by atoms with Crippen LogP contribution in [0, 0.1) is 0 Å². The van der Waals surface area contributed by atoms with Gasteiger partial charge in [0.2, 0.25) is 0 Å². The van der Waals surface area contributed by atoms with Gasteiger partial charge in [-0.3, -0.25) is 0 Å². The molecule has 0 radical (unpaired) electrons. The van der Waals surface area contributed by atoms with Gasteiger partial charge in [-0.1, -0.05) is 23.4 Å². The second-order valence-electron chi connectivity index (χ2n) is 4.45. The zero-order valence-corrected chi connectivity index (χ0v) is 11.6. The van der Waals surface area contributed by atoms with Gasteiger partial charge in [0.1, 0.15) is 11.4 Å². The van der Waals surface area contributed by atoms with Gasteiger partial charge in [-0.15, -0.1) is 0 Å². The first-order valence-electron chi connectivity index (χ1n) is 6.50. The predicted octanol–water partition coefficient (Wildman–Crippen LogP) is 1.69. The van der Waals surface area contributed by atoms with Crippen LogP contribution >= 0.6 is 0 Å². The van der Waals surface area contributed by atoms with E-state index in [0.29, 0.717) is 36.1 Å². The molecule has 2 aromatic heterocycles. The zero-order valence-electron chi connectivity index (χ0n) is 11.6. The molecule has 3 aromatic rings. The third-order valence-electron chi connectivity index (χ3n) is 3.04. The highest BCUT2D eigenvalue weighted by Gasteiger charge is 2.16. The number of para-hydroxylation sites is 1. The van der Waals surface area contributed by atoms with E-state index < -0.39 is 0 Å². The van der Waals surface area contributed by atoms with E-state index in [2.05, 4.69) is 15.2 Å². The molecule has 0 fully saturated rings. The van der Waals surface area contributed by atoms with Crippen LogP contribution in [-0.2, 0) is 11.2 Å². The van der Waals surface area contributed by atoms with Crippen LogP contribution in [0.5, 0.6) is 0 Å². The van der Waals surface area contributed by atoms with Crippen molar-refractivity contribution in [2.24, 2.45) is 0 Å². The number of ether oxygens (including phenoxy) is 1. The lowest BCUT2D eigenvalue weighted by atomic mass is 10.3. The van der Waals surface area contributed by atoms with Gasteiger partial charge < -0.3 is 15.0 Å². The second kappa shape index (κ2) is 5.76. The molecule has 7 nitrogen and oxygen atoms in total. The van der Waals surface area contributed by atoms with Crippen LogP contribution in [0.4, 0.5) is 5.82 Å². The number of nitrogen functional groups attached to an aromatic ring is 1. The summed E-state index contributed by atoms with van der Waals surface area (Å²) in [6.07, 6.45) is 2.21. The lowest BCUT2D eigenvalue weighted by Gasteiger charge is -2.03. The molecular formula is C14H15N5O2. The van der Waals surface area contributed by atoms with E-state index >= 15 is 0 Å². The SMILES string of the molecule is COCCc1noc(-c2cnn(-c3ccccc3)c2N)n1. The van der Waals surface area contributed by atoms with Gasteiger partial charge >= 0.3 is 0 Å². The number of hydrogen-bond acceptors (Lipinski definition) is 6. The molecule has 21 heavy (non-hydrogen) atoms. The first-order valence-corrected chi connectivity index (χ1v) is 6.50. The molecule has 0 saturated carbocycles. The number of anilines is 1. The van der Waals surface area contributed by atoms with Crippen LogP contribution < -0.4 is 5.73 Å². The number of rotatable bonds is 5. The molecule has 0 unspecified atom stereocenters. The van der Waals surface area contributed by atoms with Crippen molar-refractivity contribution < 1.29 is 9.26 Å². The molecule has 3 rings (SSSR count). The van der Waals surface area contributed by atoms with E-state index in [1.54, 1.807) is 18.0 Å². The number of hydrogen-bond donors (Lipinski definition) is 1. The summed E-state index contributed by atoms with van der Waals surface area (Å²) >= 11 is 0. The van der Waals surface area contributed by atoms with Gasteiger partial charge in [0.25, 0.3) is 5.89 Å². The quantitative estimate of drug-likeness (QED) is 0.767. The minimum atomic E-state index is 0.362. The van der Waals surface area contributed by atoms with Crippen molar-refractivity contribution in [2.75, 3.05) is 19.5 Å². The standard InChI is InChI=1S/C14H15N5O2/c1-20-8-7-12-17-14(21-18-12)11-9-16-19(13(11)15)10-5-3-2-4-6-10/h2-6,9H,7-8,15H2,1H3. The lowest BCUT2D eigenvalue weighted by Crippen LogP contribution is -2.02. The van der Waals surface area contributed by atoms with Crippen molar-refractivity contribution in [2.45, 2.75) is 6.42 Å². The minimum Gasteiger partial charge on any atom is -0.384 e. The van der Waals surface area contributed by atoms with E-state index in [9.17, 15) is 0 Å². The third kappa shape index (κ3) is 2.63. The second-order valence-corrected chi connectivity index (χ2v) is 4.45. The van der Waals surface area contributed by atoms with Crippen LogP contribution in [-0.4, -0.2) is 33.6 Å². The fourth-order valence-corrected chi connectivity index (χ4v) is 1.96. The summed E-state index contributed by atoms with van der Waals surface area (Å²) in [6, 6.07) is 9.62. The highest BCUT2D eigenvalue weighted by atomic mass is 16.5. The van der Waals surface area contributed by atoms with Crippen LogP contribution in [0.1, 0.15) is 5.82 Å². The number of aromatic nitrogens is 4. The lowest BCUT2D eigenvalue weighted by molar-refractivity contribution is 0.199. The molecule has 108 valence electrons. The molecule has 0 spiro atoms. The van der Waals surface area contributed by atoms with Crippen molar-refractivity contribution in [1.29, 1.82) is 0 Å². The minimum absolute atomic E-state index is 0.362. The van der Waals surface area contributed by atoms with Gasteiger partial charge in [0.15, 0.2) is 5.82 Å². The molecule has 1 aromatic carbocycles. The van der Waals surface area contributed by atoms with Crippen molar-refractivity contribution in [1.82, 2.24) is 19.9 Å². The number of benzene rings is 1. The Balaban J connectivity index is 1.90. The Bertz CT molecular complexity index is 720. The van der Waals surface area contributed by atoms with Gasteiger partial charge in [-0.25, -0.2) is 4.68 Å². The predicted molar refractivity (Wildman–Crippen MR) is 76.8 cm³/mol. The summed E-state index contributed by atoms with van der Waals surface area (Å²) < 4.78 is 11.8. The Morgan fingerprint density at radius 1 is 1.29 bits per heavy atom. The van der Waals surface area contributed by atoms with Crippen molar-refractivity contribution in [3.63, 3.8) is 0 Å². The van der Waals surface area contributed by atoms with E-state index in [0.717, 1.165) is 5.69 Å². The molecule has 2 N–H and O–H groups in total. The zero-order chi connectivity index (χ0) is 14.7. The first-order chi connectivity index (χ1) is 10.3. The van der Waals surface area contributed by atoms with Gasteiger partial charge in [-0.05, 0) is 12.1 Å². The van der Waals surface area contributed by atoms with Crippen molar-refractivity contribution in [3.05, 3.63) is 42.4 Å². The summed E-state index contributed by atoms with van der Waals surface area (Å²) in [6.45, 7) is 0.539. The van der Waals surface area contributed by atoms with Crippen LogP contribution in [0.2, 0.25) is 0 Å². The Labute approximate surface area is 121 Å². The summed E-state index contributed by atoms with van der Waals surface area (Å²) in [7, 11) is 1.63. The van der Waals surface area contributed by atoms with Gasteiger partial charge in [-0.2, -0.15) is 10.1 Å². The number of nitrogens with two attached hydrogens (primary N) is 1. The Hall–Kier alpha value is -2.67. The number of methoxy groups -OCH3 is 1. The highest BCUT2D eigenvalue weighted by Crippen LogP contribution is 2.26. The van der Waals surface area contributed by atoms with Crippen LogP contribution in [0.15, 0.2) is 41.1 Å². The first kappa shape index (κ1) is 13.3.